The number of pyridine rings is 1. The van der Waals surface area contributed by atoms with E-state index in [4.69, 9.17) is 4.74 Å². The van der Waals surface area contributed by atoms with Crippen molar-refractivity contribution in [1.29, 1.82) is 0 Å². The van der Waals surface area contributed by atoms with Crippen LogP contribution in [0.5, 0.6) is 5.75 Å². The van der Waals surface area contributed by atoms with Crippen molar-refractivity contribution < 1.29 is 14.6 Å². The summed E-state index contributed by atoms with van der Waals surface area (Å²) in [5, 5.41) is 9.19. The van der Waals surface area contributed by atoms with E-state index in [2.05, 4.69) is 4.98 Å². The first-order valence-corrected chi connectivity index (χ1v) is 5.46. The van der Waals surface area contributed by atoms with Crippen LogP contribution in [0.4, 0.5) is 0 Å². The fourth-order valence-electron chi connectivity index (χ4n) is 1.83. The lowest BCUT2D eigenvalue weighted by Gasteiger charge is -2.11. The average Bonchev–Trinajstić information content (AvgIpc) is 2.38. The second kappa shape index (κ2) is 4.87. The minimum absolute atomic E-state index is 0.217. The Bertz CT molecular complexity index is 593. The Morgan fingerprint density at radius 3 is 2.72 bits per heavy atom. The average molecular weight is 243 g/mol. The van der Waals surface area contributed by atoms with Gasteiger partial charge in [0, 0.05) is 23.5 Å². The molecule has 0 aliphatic rings. The molecule has 1 aromatic heterocycles. The van der Waals surface area contributed by atoms with E-state index >= 15 is 0 Å². The van der Waals surface area contributed by atoms with Crippen molar-refractivity contribution in [3.05, 3.63) is 47.8 Å². The van der Waals surface area contributed by atoms with E-state index in [0.29, 0.717) is 11.3 Å². The van der Waals surface area contributed by atoms with E-state index in [1.165, 1.54) is 12.3 Å². The Balaban J connectivity index is 2.68. The fraction of sp³-hybridized carbons (Fsp3) is 0.143. The fourth-order valence-corrected chi connectivity index (χ4v) is 1.83. The van der Waals surface area contributed by atoms with Crippen LogP contribution in [0.2, 0.25) is 0 Å². The van der Waals surface area contributed by atoms with Crippen LogP contribution < -0.4 is 4.74 Å². The van der Waals surface area contributed by atoms with Gasteiger partial charge >= 0.3 is 5.97 Å². The number of nitrogens with zero attached hydrogens (tertiary/aromatic N) is 1. The van der Waals surface area contributed by atoms with Crippen molar-refractivity contribution in [2.75, 3.05) is 7.11 Å². The number of ether oxygens (including phenoxy) is 1. The molecule has 1 N–H and O–H groups in total. The Morgan fingerprint density at radius 2 is 2.06 bits per heavy atom. The molecular formula is C14H13NO3. The van der Waals surface area contributed by atoms with Crippen LogP contribution in [0.15, 0.2) is 36.7 Å². The number of methoxy groups -OCH3 is 1. The molecule has 2 rings (SSSR count). The first kappa shape index (κ1) is 12.1. The molecule has 0 saturated heterocycles. The smallest absolute Gasteiger partial charge is 0.336 e. The topological polar surface area (TPSA) is 59.4 Å². The van der Waals surface area contributed by atoms with E-state index in [1.807, 2.05) is 25.1 Å². The highest BCUT2D eigenvalue weighted by molar-refractivity contribution is 5.96. The van der Waals surface area contributed by atoms with Gasteiger partial charge in [-0.1, -0.05) is 11.6 Å². The van der Waals surface area contributed by atoms with Crippen molar-refractivity contribution >= 4 is 5.97 Å². The summed E-state index contributed by atoms with van der Waals surface area (Å²) < 4.78 is 5.27. The predicted molar refractivity (Wildman–Crippen MR) is 67.9 cm³/mol. The van der Waals surface area contributed by atoms with Crippen LogP contribution >= 0.6 is 0 Å². The predicted octanol–water partition coefficient (Wildman–Crippen LogP) is 2.76. The Kier molecular flexibility index (Phi) is 3.28. The maximum atomic E-state index is 11.2. The molecule has 0 saturated carbocycles. The number of hydrogen-bond acceptors (Lipinski definition) is 3. The first-order valence-electron chi connectivity index (χ1n) is 5.46. The minimum atomic E-state index is -0.976. The molecule has 0 amide bonds. The monoisotopic (exact) mass is 243 g/mol. The summed E-state index contributed by atoms with van der Waals surface area (Å²) in [5.41, 5.74) is 2.55. The van der Waals surface area contributed by atoms with Gasteiger partial charge in [-0.2, -0.15) is 0 Å². The van der Waals surface area contributed by atoms with Crippen LogP contribution in [-0.4, -0.2) is 23.2 Å². The van der Waals surface area contributed by atoms with Gasteiger partial charge in [0.25, 0.3) is 0 Å². The molecule has 0 unspecified atom stereocenters. The Hall–Kier alpha value is -2.36. The lowest BCUT2D eigenvalue weighted by atomic mass is 9.99. The minimum Gasteiger partial charge on any atom is -0.496 e. The number of aryl methyl sites for hydroxylation is 1. The van der Waals surface area contributed by atoms with Crippen molar-refractivity contribution in [2.24, 2.45) is 0 Å². The maximum Gasteiger partial charge on any atom is 0.336 e. The molecule has 4 nitrogen and oxygen atoms in total. The molecule has 0 aliphatic heterocycles. The summed E-state index contributed by atoms with van der Waals surface area (Å²) in [5.74, 6) is -0.341. The number of carboxylic acids is 1. The molecule has 0 radical (unpaired) electrons. The number of aromatic carboxylic acids is 1. The van der Waals surface area contributed by atoms with Crippen LogP contribution in [0.1, 0.15) is 15.9 Å². The number of benzene rings is 1. The van der Waals surface area contributed by atoms with Crippen LogP contribution in [-0.2, 0) is 0 Å². The zero-order valence-electron chi connectivity index (χ0n) is 10.2. The number of carbonyl (C=O) groups is 1. The Morgan fingerprint density at radius 1 is 1.28 bits per heavy atom. The number of carboxylic acid groups (broad SMARTS) is 1. The zero-order valence-corrected chi connectivity index (χ0v) is 10.2. The maximum absolute atomic E-state index is 11.2. The first-order chi connectivity index (χ1) is 8.63. The quantitative estimate of drug-likeness (QED) is 0.900. The standard InChI is InChI=1S/C14H13NO3/c1-9-3-4-13(18-2)11(7-9)12-8-15-6-5-10(12)14(16)17/h3-8H,1-2H3,(H,16,17). The molecule has 4 heteroatoms. The van der Waals surface area contributed by atoms with Gasteiger partial charge in [-0.15, -0.1) is 0 Å². The lowest BCUT2D eigenvalue weighted by molar-refractivity contribution is 0.0697. The van der Waals surface area contributed by atoms with Crippen molar-refractivity contribution in [1.82, 2.24) is 4.98 Å². The summed E-state index contributed by atoms with van der Waals surface area (Å²) in [6, 6.07) is 7.12. The number of rotatable bonds is 3. The highest BCUT2D eigenvalue weighted by Crippen LogP contribution is 2.32. The normalized spacial score (nSPS) is 10.1. The molecule has 1 aromatic carbocycles. The third kappa shape index (κ3) is 2.18. The third-order valence-corrected chi connectivity index (χ3v) is 2.70. The van der Waals surface area contributed by atoms with Gasteiger partial charge in [-0.3, -0.25) is 4.98 Å². The molecule has 92 valence electrons. The molecule has 0 fully saturated rings. The van der Waals surface area contributed by atoms with Gasteiger partial charge in [-0.05, 0) is 25.1 Å². The highest BCUT2D eigenvalue weighted by atomic mass is 16.5. The number of aromatic nitrogens is 1. The molecule has 0 bridgehead atoms. The molecule has 2 aromatic rings. The SMILES string of the molecule is COc1ccc(C)cc1-c1cnccc1C(=O)O. The van der Waals surface area contributed by atoms with Gasteiger partial charge in [0.2, 0.25) is 0 Å². The van der Waals surface area contributed by atoms with Gasteiger partial charge in [0.1, 0.15) is 5.75 Å². The molecule has 0 aliphatic carbocycles. The number of hydrogen-bond donors (Lipinski definition) is 1. The largest absolute Gasteiger partial charge is 0.496 e. The van der Waals surface area contributed by atoms with E-state index < -0.39 is 5.97 Å². The molecule has 0 spiro atoms. The van der Waals surface area contributed by atoms with Crippen LogP contribution in [0.25, 0.3) is 11.1 Å². The second-order valence-corrected chi connectivity index (χ2v) is 3.93. The Labute approximate surface area is 105 Å². The van der Waals surface area contributed by atoms with Gasteiger partial charge in [-0.25, -0.2) is 4.79 Å². The van der Waals surface area contributed by atoms with Gasteiger partial charge < -0.3 is 9.84 Å². The summed E-state index contributed by atoms with van der Waals surface area (Å²) in [6.45, 7) is 1.94. The van der Waals surface area contributed by atoms with E-state index in [1.54, 1.807) is 13.3 Å². The van der Waals surface area contributed by atoms with Crippen LogP contribution in [0.3, 0.4) is 0 Å². The van der Waals surface area contributed by atoms with E-state index in [9.17, 15) is 9.90 Å². The van der Waals surface area contributed by atoms with Gasteiger partial charge in [0.15, 0.2) is 0 Å². The lowest BCUT2D eigenvalue weighted by Crippen LogP contribution is -2.01. The van der Waals surface area contributed by atoms with E-state index in [0.717, 1.165) is 11.1 Å². The van der Waals surface area contributed by atoms with Crippen molar-refractivity contribution in [3.63, 3.8) is 0 Å². The van der Waals surface area contributed by atoms with Crippen molar-refractivity contribution in [2.45, 2.75) is 6.92 Å². The summed E-state index contributed by atoms with van der Waals surface area (Å²) in [7, 11) is 1.56. The second-order valence-electron chi connectivity index (χ2n) is 3.93. The molecule has 18 heavy (non-hydrogen) atoms. The molecular weight excluding hydrogens is 230 g/mol. The highest BCUT2D eigenvalue weighted by Gasteiger charge is 2.15. The summed E-state index contributed by atoms with van der Waals surface area (Å²) in [4.78, 5) is 15.2. The van der Waals surface area contributed by atoms with Crippen LogP contribution in [0, 0.1) is 6.92 Å². The third-order valence-electron chi connectivity index (χ3n) is 2.70. The zero-order chi connectivity index (χ0) is 13.1. The van der Waals surface area contributed by atoms with E-state index in [-0.39, 0.29) is 5.56 Å². The summed E-state index contributed by atoms with van der Waals surface area (Å²) in [6.07, 6.45) is 3.01. The molecule has 0 atom stereocenters. The van der Waals surface area contributed by atoms with Crippen molar-refractivity contribution in [3.8, 4) is 16.9 Å². The van der Waals surface area contributed by atoms with Gasteiger partial charge in [0.05, 0.1) is 12.7 Å². The molecule has 1 heterocycles. The summed E-state index contributed by atoms with van der Waals surface area (Å²) >= 11 is 0.